The number of hydrogen-bond donors (Lipinski definition) is 3. The molecule has 0 radical (unpaired) electrons. The lowest BCUT2D eigenvalue weighted by Gasteiger charge is -2.21. The van der Waals surface area contributed by atoms with Crippen LogP contribution in [0.15, 0.2) is 78.9 Å². The highest BCUT2D eigenvalue weighted by atomic mass is 32.1. The molecule has 0 spiro atoms. The molecule has 3 rings (SSSR count). The Morgan fingerprint density at radius 2 is 1.66 bits per heavy atom. The number of rotatable bonds is 6. The molecule has 0 saturated heterocycles. The predicted octanol–water partition coefficient (Wildman–Crippen LogP) is 4.67. The Morgan fingerprint density at radius 3 is 2.38 bits per heavy atom. The monoisotopic (exact) mass is 405 g/mol. The van der Waals surface area contributed by atoms with Crippen LogP contribution in [0.2, 0.25) is 0 Å². The summed E-state index contributed by atoms with van der Waals surface area (Å²) in [5.74, 6) is 0.461. The minimum Gasteiger partial charge on any atom is -0.495 e. The number of para-hydroxylation sites is 2. The zero-order valence-corrected chi connectivity index (χ0v) is 17.1. The molecule has 5 nitrogen and oxygen atoms in total. The Morgan fingerprint density at radius 1 is 0.931 bits per heavy atom. The normalized spacial score (nSPS) is 11.2. The summed E-state index contributed by atoms with van der Waals surface area (Å²) in [5, 5.41) is 9.51. The number of ether oxygens (including phenoxy) is 1. The van der Waals surface area contributed by atoms with Gasteiger partial charge in [-0.3, -0.25) is 4.79 Å². The number of nitrogens with one attached hydrogen (secondary N) is 3. The zero-order valence-electron chi connectivity index (χ0n) is 16.3. The van der Waals surface area contributed by atoms with Crippen molar-refractivity contribution in [2.24, 2.45) is 0 Å². The predicted molar refractivity (Wildman–Crippen MR) is 121 cm³/mol. The van der Waals surface area contributed by atoms with Gasteiger partial charge in [0.2, 0.25) is 0 Å². The van der Waals surface area contributed by atoms with Crippen molar-refractivity contribution in [3.63, 3.8) is 0 Å². The van der Waals surface area contributed by atoms with Gasteiger partial charge in [0.05, 0.1) is 12.8 Å². The van der Waals surface area contributed by atoms with Crippen molar-refractivity contribution in [1.82, 2.24) is 5.32 Å². The van der Waals surface area contributed by atoms with Gasteiger partial charge in [-0.15, -0.1) is 0 Å². The molecule has 0 saturated carbocycles. The first kappa shape index (κ1) is 20.4. The van der Waals surface area contributed by atoms with Crippen LogP contribution in [0.25, 0.3) is 0 Å². The summed E-state index contributed by atoms with van der Waals surface area (Å²) in [7, 11) is 1.60. The van der Waals surface area contributed by atoms with Crippen LogP contribution in [0.1, 0.15) is 17.2 Å². The molecule has 0 bridgehead atoms. The second kappa shape index (κ2) is 9.71. The Hall–Kier alpha value is -3.38. The van der Waals surface area contributed by atoms with Crippen LogP contribution >= 0.6 is 12.2 Å². The van der Waals surface area contributed by atoms with E-state index in [1.54, 1.807) is 7.11 Å². The second-order valence-electron chi connectivity index (χ2n) is 6.50. The van der Waals surface area contributed by atoms with Crippen LogP contribution in [0, 0.1) is 6.92 Å². The zero-order chi connectivity index (χ0) is 20.6. The van der Waals surface area contributed by atoms with Gasteiger partial charge >= 0.3 is 0 Å². The Bertz CT molecular complexity index is 992. The van der Waals surface area contributed by atoms with Gasteiger partial charge in [0, 0.05) is 5.69 Å². The minimum absolute atomic E-state index is 0.203. The molecule has 0 aliphatic carbocycles. The molecule has 6 heteroatoms. The van der Waals surface area contributed by atoms with Gasteiger partial charge in [0.1, 0.15) is 11.8 Å². The van der Waals surface area contributed by atoms with Crippen molar-refractivity contribution in [3.8, 4) is 5.75 Å². The lowest BCUT2D eigenvalue weighted by atomic mass is 10.1. The van der Waals surface area contributed by atoms with Crippen molar-refractivity contribution < 1.29 is 9.53 Å². The summed E-state index contributed by atoms with van der Waals surface area (Å²) in [4.78, 5) is 13.0. The third kappa shape index (κ3) is 5.56. The van der Waals surface area contributed by atoms with E-state index in [1.807, 2.05) is 85.8 Å². The van der Waals surface area contributed by atoms with E-state index in [2.05, 4.69) is 16.0 Å². The highest BCUT2D eigenvalue weighted by Crippen LogP contribution is 2.23. The average Bonchev–Trinajstić information content (AvgIpc) is 2.73. The number of hydrogen-bond acceptors (Lipinski definition) is 3. The first-order chi connectivity index (χ1) is 14.1. The van der Waals surface area contributed by atoms with Crippen LogP contribution in [-0.2, 0) is 4.79 Å². The maximum atomic E-state index is 13.0. The largest absolute Gasteiger partial charge is 0.495 e. The van der Waals surface area contributed by atoms with Gasteiger partial charge in [-0.1, -0.05) is 54.6 Å². The molecular formula is C23H23N3O2S. The number of methoxy groups -OCH3 is 1. The summed E-state index contributed by atoms with van der Waals surface area (Å²) in [5.41, 5.74) is 3.34. The van der Waals surface area contributed by atoms with Gasteiger partial charge in [-0.25, -0.2) is 0 Å². The Kier molecular flexibility index (Phi) is 6.81. The molecule has 3 aromatic carbocycles. The molecule has 3 N–H and O–H groups in total. The lowest BCUT2D eigenvalue weighted by Crippen LogP contribution is -2.39. The molecule has 0 aromatic heterocycles. The number of carbonyl (C=O) groups is 1. The number of carbonyl (C=O) groups excluding carboxylic acids is 1. The van der Waals surface area contributed by atoms with E-state index in [-0.39, 0.29) is 5.91 Å². The van der Waals surface area contributed by atoms with E-state index in [4.69, 9.17) is 17.0 Å². The van der Waals surface area contributed by atoms with Crippen molar-refractivity contribution in [1.29, 1.82) is 0 Å². The van der Waals surface area contributed by atoms with Gasteiger partial charge in [0.25, 0.3) is 5.91 Å². The molecule has 29 heavy (non-hydrogen) atoms. The number of anilines is 2. The summed E-state index contributed by atoms with van der Waals surface area (Å²) in [6.45, 7) is 1.98. The third-order valence-corrected chi connectivity index (χ3v) is 4.53. The number of benzene rings is 3. The van der Waals surface area contributed by atoms with E-state index in [0.717, 1.165) is 22.5 Å². The smallest absolute Gasteiger partial charge is 0.251 e. The van der Waals surface area contributed by atoms with Crippen molar-refractivity contribution in [3.05, 3.63) is 90.0 Å². The van der Waals surface area contributed by atoms with Crippen LogP contribution in [0.5, 0.6) is 5.75 Å². The Balaban J connectivity index is 1.78. The maximum absolute atomic E-state index is 13.0. The molecule has 0 fully saturated rings. The Labute approximate surface area is 176 Å². The minimum atomic E-state index is -0.661. The summed E-state index contributed by atoms with van der Waals surface area (Å²) >= 11 is 5.47. The van der Waals surface area contributed by atoms with E-state index in [0.29, 0.717) is 10.9 Å². The highest BCUT2D eigenvalue weighted by molar-refractivity contribution is 7.80. The van der Waals surface area contributed by atoms with Crippen molar-refractivity contribution in [2.75, 3.05) is 17.7 Å². The first-order valence-electron chi connectivity index (χ1n) is 9.20. The van der Waals surface area contributed by atoms with Gasteiger partial charge in [-0.2, -0.15) is 0 Å². The summed E-state index contributed by atoms with van der Waals surface area (Å²) in [6, 6.07) is 23.9. The van der Waals surface area contributed by atoms with Crippen LogP contribution < -0.4 is 20.7 Å². The second-order valence-corrected chi connectivity index (χ2v) is 6.91. The fraction of sp³-hybridized carbons (Fsp3) is 0.130. The number of thiocarbonyl (C=S) groups is 1. The first-order valence-corrected chi connectivity index (χ1v) is 9.60. The van der Waals surface area contributed by atoms with E-state index < -0.39 is 6.04 Å². The van der Waals surface area contributed by atoms with Crippen LogP contribution in [0.3, 0.4) is 0 Å². The van der Waals surface area contributed by atoms with Gasteiger partial charge in [0.15, 0.2) is 5.11 Å². The fourth-order valence-corrected chi connectivity index (χ4v) is 3.15. The summed E-state index contributed by atoms with van der Waals surface area (Å²) in [6.07, 6.45) is 0. The van der Waals surface area contributed by atoms with E-state index in [1.165, 1.54) is 0 Å². The van der Waals surface area contributed by atoms with E-state index in [9.17, 15) is 4.79 Å². The molecule has 3 aromatic rings. The van der Waals surface area contributed by atoms with Gasteiger partial charge < -0.3 is 20.7 Å². The molecule has 0 aliphatic heterocycles. The van der Waals surface area contributed by atoms with Crippen LogP contribution in [0.4, 0.5) is 11.4 Å². The van der Waals surface area contributed by atoms with Gasteiger partial charge in [-0.05, 0) is 54.5 Å². The lowest BCUT2D eigenvalue weighted by molar-refractivity contribution is -0.117. The maximum Gasteiger partial charge on any atom is 0.251 e. The quantitative estimate of drug-likeness (QED) is 0.520. The molecule has 148 valence electrons. The van der Waals surface area contributed by atoms with Crippen LogP contribution in [-0.4, -0.2) is 18.1 Å². The SMILES string of the molecule is COc1ccccc1NC(=S)NC(C(=O)Nc1cccc(C)c1)c1ccccc1. The fourth-order valence-electron chi connectivity index (χ4n) is 2.92. The number of amides is 1. The molecule has 1 unspecified atom stereocenters. The summed E-state index contributed by atoms with van der Waals surface area (Å²) < 4.78 is 5.34. The molecule has 1 amide bonds. The standard InChI is InChI=1S/C23H23N3O2S/c1-16-9-8-12-18(15-16)24-22(27)21(17-10-4-3-5-11-17)26-23(29)25-19-13-6-7-14-20(19)28-2/h3-15,21H,1-2H3,(H,24,27)(H2,25,26,29). The van der Waals surface area contributed by atoms with E-state index >= 15 is 0 Å². The van der Waals surface area contributed by atoms with Crippen molar-refractivity contribution in [2.45, 2.75) is 13.0 Å². The molecule has 1 atom stereocenters. The number of aryl methyl sites for hydroxylation is 1. The molecule has 0 heterocycles. The molecule has 0 aliphatic rings. The average molecular weight is 406 g/mol. The molecular weight excluding hydrogens is 382 g/mol. The third-order valence-electron chi connectivity index (χ3n) is 4.31. The topological polar surface area (TPSA) is 62.4 Å². The van der Waals surface area contributed by atoms with Crippen molar-refractivity contribution >= 4 is 34.6 Å². The highest BCUT2D eigenvalue weighted by Gasteiger charge is 2.22.